The first kappa shape index (κ1) is 13.9. The van der Waals surface area contributed by atoms with Crippen molar-refractivity contribution in [3.63, 3.8) is 0 Å². The van der Waals surface area contributed by atoms with E-state index in [-0.39, 0.29) is 17.4 Å². The Morgan fingerprint density at radius 1 is 1.29 bits per heavy atom. The quantitative estimate of drug-likeness (QED) is 0.815. The van der Waals surface area contributed by atoms with Gasteiger partial charge in [0.25, 0.3) is 0 Å². The van der Waals surface area contributed by atoms with Crippen LogP contribution in [-0.4, -0.2) is 22.7 Å². The molecule has 1 unspecified atom stereocenters. The van der Waals surface area contributed by atoms with Crippen LogP contribution in [0.5, 0.6) is 0 Å². The predicted octanol–water partition coefficient (Wildman–Crippen LogP) is 3.34. The smallest absolute Gasteiger partial charge is 0.169 e. The maximum atomic E-state index is 14.0. The van der Waals surface area contributed by atoms with Crippen LogP contribution in [0.15, 0.2) is 24.5 Å². The largest absolute Gasteiger partial charge is 0.357 e. The molecule has 1 aliphatic heterocycles. The number of rotatable bonds is 3. The topological polar surface area (TPSA) is 44.1 Å². The third-order valence-electron chi connectivity index (χ3n) is 3.60. The molecule has 21 heavy (non-hydrogen) atoms. The van der Waals surface area contributed by atoms with Gasteiger partial charge in [0.1, 0.15) is 6.23 Å². The lowest BCUT2D eigenvalue weighted by molar-refractivity contribution is -0.0394. The minimum absolute atomic E-state index is 0.0835. The van der Waals surface area contributed by atoms with Crippen LogP contribution in [0, 0.1) is 11.6 Å². The molecule has 110 valence electrons. The minimum Gasteiger partial charge on any atom is -0.357 e. The first-order valence-electron chi connectivity index (χ1n) is 6.80. The van der Waals surface area contributed by atoms with Crippen molar-refractivity contribution in [1.29, 1.82) is 0 Å². The van der Waals surface area contributed by atoms with Crippen LogP contribution in [-0.2, 0) is 4.74 Å². The van der Waals surface area contributed by atoms with Gasteiger partial charge < -0.3 is 4.74 Å². The summed E-state index contributed by atoms with van der Waals surface area (Å²) >= 11 is 0. The van der Waals surface area contributed by atoms with Crippen LogP contribution in [0.25, 0.3) is 11.1 Å². The average molecular weight is 292 g/mol. The number of benzene rings is 1. The second kappa shape index (κ2) is 5.73. The van der Waals surface area contributed by atoms with Crippen molar-refractivity contribution in [1.82, 2.24) is 9.78 Å². The van der Waals surface area contributed by atoms with Gasteiger partial charge in [-0.25, -0.2) is 13.5 Å². The Morgan fingerprint density at radius 3 is 2.86 bits per heavy atom. The SMILES string of the molecule is O=Cc1ccc(-c2cnn(C3CCCCO3)c2)c(F)c1F. The Bertz CT molecular complexity index is 664. The monoisotopic (exact) mass is 292 g/mol. The maximum Gasteiger partial charge on any atom is 0.169 e. The Hall–Kier alpha value is -2.08. The van der Waals surface area contributed by atoms with Crippen molar-refractivity contribution in [2.24, 2.45) is 0 Å². The number of hydrogen-bond acceptors (Lipinski definition) is 3. The van der Waals surface area contributed by atoms with Crippen molar-refractivity contribution in [2.45, 2.75) is 25.5 Å². The van der Waals surface area contributed by atoms with Crippen LogP contribution in [0.3, 0.4) is 0 Å². The summed E-state index contributed by atoms with van der Waals surface area (Å²) in [5, 5.41) is 4.16. The highest BCUT2D eigenvalue weighted by molar-refractivity contribution is 5.77. The number of aldehydes is 1. The molecule has 1 aromatic heterocycles. The molecule has 4 nitrogen and oxygen atoms in total. The van der Waals surface area contributed by atoms with Gasteiger partial charge >= 0.3 is 0 Å². The minimum atomic E-state index is -1.14. The molecule has 1 atom stereocenters. The van der Waals surface area contributed by atoms with Gasteiger partial charge in [0.15, 0.2) is 17.9 Å². The van der Waals surface area contributed by atoms with E-state index in [0.717, 1.165) is 19.3 Å². The van der Waals surface area contributed by atoms with Crippen molar-refractivity contribution in [3.05, 3.63) is 41.7 Å². The van der Waals surface area contributed by atoms with E-state index in [2.05, 4.69) is 5.10 Å². The lowest BCUT2D eigenvalue weighted by Gasteiger charge is -2.22. The van der Waals surface area contributed by atoms with Gasteiger partial charge in [0.05, 0.1) is 11.8 Å². The number of aromatic nitrogens is 2. The van der Waals surface area contributed by atoms with Gasteiger partial charge in [-0.3, -0.25) is 4.79 Å². The molecule has 1 aromatic carbocycles. The average Bonchev–Trinajstić information content (AvgIpc) is 3.00. The summed E-state index contributed by atoms with van der Waals surface area (Å²) in [4.78, 5) is 10.6. The molecule has 0 N–H and O–H groups in total. The van der Waals surface area contributed by atoms with E-state index in [1.807, 2.05) is 0 Å². The fraction of sp³-hybridized carbons (Fsp3) is 0.333. The lowest BCUT2D eigenvalue weighted by Crippen LogP contribution is -2.18. The van der Waals surface area contributed by atoms with E-state index < -0.39 is 11.6 Å². The molecule has 0 spiro atoms. The lowest BCUT2D eigenvalue weighted by atomic mass is 10.1. The van der Waals surface area contributed by atoms with Gasteiger partial charge in [-0.2, -0.15) is 5.10 Å². The standard InChI is InChI=1S/C15H14F2N2O2/c16-14-10(9-20)4-5-12(15(14)17)11-7-18-19(8-11)13-3-1-2-6-21-13/h4-5,7-9,13H,1-3,6H2. The van der Waals surface area contributed by atoms with Crippen molar-refractivity contribution < 1.29 is 18.3 Å². The second-order valence-corrected chi connectivity index (χ2v) is 4.98. The Labute approximate surface area is 120 Å². The van der Waals surface area contributed by atoms with Crippen LogP contribution in [0.4, 0.5) is 8.78 Å². The fourth-order valence-corrected chi connectivity index (χ4v) is 2.45. The van der Waals surface area contributed by atoms with Crippen molar-refractivity contribution in [3.8, 4) is 11.1 Å². The van der Waals surface area contributed by atoms with E-state index in [4.69, 9.17) is 4.74 Å². The summed E-state index contributed by atoms with van der Waals surface area (Å²) < 4.78 is 34.9. The third kappa shape index (κ3) is 2.58. The third-order valence-corrected chi connectivity index (χ3v) is 3.60. The van der Waals surface area contributed by atoms with E-state index >= 15 is 0 Å². The van der Waals surface area contributed by atoms with Gasteiger partial charge in [-0.15, -0.1) is 0 Å². The number of hydrogen-bond donors (Lipinski definition) is 0. The van der Waals surface area contributed by atoms with E-state index in [1.165, 1.54) is 18.3 Å². The summed E-state index contributed by atoms with van der Waals surface area (Å²) in [6.45, 7) is 0.677. The van der Waals surface area contributed by atoms with Gasteiger partial charge in [0.2, 0.25) is 0 Å². The number of halogens is 2. The predicted molar refractivity (Wildman–Crippen MR) is 71.8 cm³/mol. The van der Waals surface area contributed by atoms with Gasteiger partial charge in [0, 0.05) is 23.9 Å². The Kier molecular flexibility index (Phi) is 3.79. The highest BCUT2D eigenvalue weighted by Gasteiger charge is 2.19. The molecule has 0 bridgehead atoms. The van der Waals surface area contributed by atoms with Gasteiger partial charge in [-0.1, -0.05) is 6.07 Å². The number of nitrogens with zero attached hydrogens (tertiary/aromatic N) is 2. The van der Waals surface area contributed by atoms with Gasteiger partial charge in [-0.05, 0) is 25.3 Å². The summed E-state index contributed by atoms with van der Waals surface area (Å²) in [6, 6.07) is 2.64. The summed E-state index contributed by atoms with van der Waals surface area (Å²) in [5.41, 5.74) is 0.248. The molecule has 0 saturated carbocycles. The first-order chi connectivity index (χ1) is 10.2. The molecular formula is C15H14F2N2O2. The Balaban J connectivity index is 1.92. The van der Waals surface area contributed by atoms with Crippen LogP contribution < -0.4 is 0 Å². The molecule has 0 aliphatic carbocycles. The fourth-order valence-electron chi connectivity index (χ4n) is 2.45. The zero-order valence-electron chi connectivity index (χ0n) is 11.3. The molecule has 1 saturated heterocycles. The summed E-state index contributed by atoms with van der Waals surface area (Å²) in [7, 11) is 0. The maximum absolute atomic E-state index is 14.0. The van der Waals surface area contributed by atoms with E-state index in [9.17, 15) is 13.6 Å². The van der Waals surface area contributed by atoms with Crippen LogP contribution >= 0.6 is 0 Å². The van der Waals surface area contributed by atoms with E-state index in [0.29, 0.717) is 18.5 Å². The molecule has 2 aromatic rings. The molecule has 3 rings (SSSR count). The van der Waals surface area contributed by atoms with Crippen molar-refractivity contribution >= 4 is 6.29 Å². The second-order valence-electron chi connectivity index (χ2n) is 4.98. The normalized spacial score (nSPS) is 18.7. The molecular weight excluding hydrogens is 278 g/mol. The van der Waals surface area contributed by atoms with Crippen molar-refractivity contribution in [2.75, 3.05) is 6.61 Å². The molecule has 1 aliphatic rings. The number of carbonyl (C=O) groups is 1. The Morgan fingerprint density at radius 2 is 2.14 bits per heavy atom. The zero-order chi connectivity index (χ0) is 14.8. The first-order valence-corrected chi connectivity index (χ1v) is 6.80. The summed E-state index contributed by atoms with van der Waals surface area (Å²) in [6.07, 6.45) is 6.16. The molecule has 6 heteroatoms. The highest BCUT2D eigenvalue weighted by atomic mass is 19.2. The molecule has 0 radical (unpaired) electrons. The molecule has 2 heterocycles. The molecule has 1 fully saturated rings. The number of carbonyl (C=O) groups excluding carboxylic acids is 1. The summed E-state index contributed by atoms with van der Waals surface area (Å²) in [5.74, 6) is -2.17. The molecule has 0 amide bonds. The van der Waals surface area contributed by atoms with Crippen LogP contribution in [0.2, 0.25) is 0 Å². The van der Waals surface area contributed by atoms with E-state index in [1.54, 1.807) is 10.9 Å². The highest BCUT2D eigenvalue weighted by Crippen LogP contribution is 2.28. The van der Waals surface area contributed by atoms with Crippen LogP contribution in [0.1, 0.15) is 35.8 Å². The number of ether oxygens (including phenoxy) is 1. The zero-order valence-corrected chi connectivity index (χ0v) is 11.3.